The number of piperazine rings is 1. The summed E-state index contributed by atoms with van der Waals surface area (Å²) in [5, 5.41) is 4.27. The average molecular weight is 368 g/mol. The molecule has 1 aliphatic rings. The van der Waals surface area contributed by atoms with Gasteiger partial charge in [-0.2, -0.15) is 13.2 Å². The first-order valence-electron chi connectivity index (χ1n) is 8.62. The molecule has 1 atom stereocenters. The van der Waals surface area contributed by atoms with E-state index in [-0.39, 0.29) is 0 Å². The SMILES string of the molecule is CN=C(NCc1cc2ccccc2o1)N1CCN(C(C)C(F)(F)F)CC1. The minimum absolute atomic E-state index is 0.353. The van der Waals surface area contributed by atoms with Crippen molar-refractivity contribution in [3.8, 4) is 0 Å². The van der Waals surface area contributed by atoms with Crippen molar-refractivity contribution in [1.82, 2.24) is 15.1 Å². The number of benzene rings is 1. The van der Waals surface area contributed by atoms with E-state index in [1.54, 1.807) is 7.05 Å². The van der Waals surface area contributed by atoms with Crippen molar-refractivity contribution in [3.63, 3.8) is 0 Å². The molecular weight excluding hydrogens is 345 g/mol. The Hall–Kier alpha value is -2.22. The van der Waals surface area contributed by atoms with Crippen molar-refractivity contribution >= 4 is 16.9 Å². The third kappa shape index (κ3) is 4.12. The molecule has 2 aromatic rings. The maximum Gasteiger partial charge on any atom is 0.403 e. The Balaban J connectivity index is 1.55. The van der Waals surface area contributed by atoms with Crippen molar-refractivity contribution in [2.75, 3.05) is 33.2 Å². The van der Waals surface area contributed by atoms with Crippen LogP contribution in [0.25, 0.3) is 11.0 Å². The molecule has 142 valence electrons. The molecule has 1 saturated heterocycles. The molecule has 0 bridgehead atoms. The highest BCUT2D eigenvalue weighted by Crippen LogP contribution is 2.25. The Morgan fingerprint density at radius 3 is 2.54 bits per heavy atom. The first-order valence-corrected chi connectivity index (χ1v) is 8.62. The molecule has 0 radical (unpaired) electrons. The number of hydrogen-bond acceptors (Lipinski definition) is 3. The van der Waals surface area contributed by atoms with Gasteiger partial charge in [-0.15, -0.1) is 0 Å². The van der Waals surface area contributed by atoms with Crippen molar-refractivity contribution in [3.05, 3.63) is 36.1 Å². The topological polar surface area (TPSA) is 44.0 Å². The molecule has 0 spiro atoms. The van der Waals surface area contributed by atoms with Crippen molar-refractivity contribution < 1.29 is 17.6 Å². The van der Waals surface area contributed by atoms with E-state index in [9.17, 15) is 13.2 Å². The van der Waals surface area contributed by atoms with Gasteiger partial charge in [0.2, 0.25) is 0 Å². The van der Waals surface area contributed by atoms with Gasteiger partial charge in [0.05, 0.1) is 6.54 Å². The number of hydrogen-bond donors (Lipinski definition) is 1. The summed E-state index contributed by atoms with van der Waals surface area (Å²) in [6.45, 7) is 3.39. The normalized spacial score (nSPS) is 18.3. The monoisotopic (exact) mass is 368 g/mol. The first kappa shape index (κ1) is 18.6. The minimum Gasteiger partial charge on any atom is -0.459 e. The van der Waals surface area contributed by atoms with Crippen LogP contribution in [0.5, 0.6) is 0 Å². The lowest BCUT2D eigenvalue weighted by molar-refractivity contribution is -0.181. The van der Waals surface area contributed by atoms with E-state index >= 15 is 0 Å². The van der Waals surface area contributed by atoms with Gasteiger partial charge in [0, 0.05) is 38.6 Å². The summed E-state index contributed by atoms with van der Waals surface area (Å²) in [4.78, 5) is 7.68. The lowest BCUT2D eigenvalue weighted by Crippen LogP contribution is -2.56. The standard InChI is InChI=1S/C18H23F3N4O/c1-13(18(19,20)21)24-7-9-25(10-8-24)17(22-2)23-12-15-11-14-5-3-4-6-16(14)26-15/h3-6,11,13H,7-10,12H2,1-2H3,(H,22,23). The van der Waals surface area contributed by atoms with Crippen LogP contribution >= 0.6 is 0 Å². The summed E-state index contributed by atoms with van der Waals surface area (Å²) in [6.07, 6.45) is -4.19. The molecular formula is C18H23F3N4O. The Morgan fingerprint density at radius 2 is 1.92 bits per heavy atom. The minimum atomic E-state index is -4.19. The zero-order valence-corrected chi connectivity index (χ0v) is 14.9. The summed E-state index contributed by atoms with van der Waals surface area (Å²) in [5.41, 5.74) is 0.828. The van der Waals surface area contributed by atoms with Crippen LogP contribution in [-0.2, 0) is 6.54 Å². The number of nitrogens with one attached hydrogen (secondary N) is 1. The zero-order chi connectivity index (χ0) is 18.7. The van der Waals surface area contributed by atoms with Crippen molar-refractivity contribution in [2.45, 2.75) is 25.7 Å². The molecule has 1 aromatic carbocycles. The number of halogens is 3. The van der Waals surface area contributed by atoms with Gasteiger partial charge in [-0.1, -0.05) is 18.2 Å². The van der Waals surface area contributed by atoms with E-state index in [1.807, 2.05) is 35.2 Å². The molecule has 26 heavy (non-hydrogen) atoms. The maximum absolute atomic E-state index is 12.9. The van der Waals surface area contributed by atoms with Gasteiger partial charge >= 0.3 is 6.18 Å². The van der Waals surface area contributed by atoms with Crippen LogP contribution in [0.4, 0.5) is 13.2 Å². The second kappa shape index (κ2) is 7.57. The zero-order valence-electron chi connectivity index (χ0n) is 14.9. The lowest BCUT2D eigenvalue weighted by Gasteiger charge is -2.39. The number of furan rings is 1. The van der Waals surface area contributed by atoms with E-state index in [0.717, 1.165) is 16.7 Å². The van der Waals surface area contributed by atoms with Crippen LogP contribution < -0.4 is 5.32 Å². The number of guanidine groups is 1. The molecule has 0 saturated carbocycles. The predicted molar refractivity (Wildman–Crippen MR) is 95.1 cm³/mol. The Kier molecular flexibility index (Phi) is 5.41. The molecule has 1 aromatic heterocycles. The highest BCUT2D eigenvalue weighted by atomic mass is 19.4. The van der Waals surface area contributed by atoms with Gasteiger partial charge < -0.3 is 14.6 Å². The highest BCUT2D eigenvalue weighted by molar-refractivity contribution is 5.80. The van der Waals surface area contributed by atoms with Crippen LogP contribution in [0, 0.1) is 0 Å². The van der Waals surface area contributed by atoms with Crippen LogP contribution in [0.15, 0.2) is 39.7 Å². The third-order valence-corrected chi connectivity index (χ3v) is 4.74. The van der Waals surface area contributed by atoms with Gasteiger partial charge in [-0.05, 0) is 19.1 Å². The number of nitrogens with zero attached hydrogens (tertiary/aromatic N) is 3. The average Bonchev–Trinajstić information content (AvgIpc) is 3.04. The molecule has 1 aliphatic heterocycles. The molecule has 1 unspecified atom stereocenters. The number of alkyl halides is 3. The molecule has 1 N–H and O–H groups in total. The second-order valence-corrected chi connectivity index (χ2v) is 6.39. The fraction of sp³-hybridized carbons (Fsp3) is 0.500. The van der Waals surface area contributed by atoms with Crippen LogP contribution in [-0.4, -0.2) is 61.2 Å². The molecule has 0 amide bonds. The highest BCUT2D eigenvalue weighted by Gasteiger charge is 2.41. The van der Waals surface area contributed by atoms with Crippen molar-refractivity contribution in [1.29, 1.82) is 0 Å². The molecule has 1 fully saturated rings. The van der Waals surface area contributed by atoms with E-state index in [2.05, 4.69) is 10.3 Å². The van der Waals surface area contributed by atoms with E-state index in [0.29, 0.717) is 38.7 Å². The fourth-order valence-electron chi connectivity index (χ4n) is 3.15. The molecule has 3 rings (SSSR count). The Bertz CT molecular complexity index is 730. The summed E-state index contributed by atoms with van der Waals surface area (Å²) >= 11 is 0. The summed E-state index contributed by atoms with van der Waals surface area (Å²) in [7, 11) is 1.67. The van der Waals surface area contributed by atoms with Crippen molar-refractivity contribution in [2.24, 2.45) is 4.99 Å². The maximum atomic E-state index is 12.9. The fourth-order valence-corrected chi connectivity index (χ4v) is 3.15. The van der Waals surface area contributed by atoms with Crippen LogP contribution in [0.1, 0.15) is 12.7 Å². The Labute approximate surface area is 150 Å². The van der Waals surface area contributed by atoms with Gasteiger partial charge in [0.1, 0.15) is 17.4 Å². The molecule has 8 heteroatoms. The predicted octanol–water partition coefficient (Wildman–Crippen LogP) is 3.08. The van der Waals surface area contributed by atoms with Gasteiger partial charge in [-0.25, -0.2) is 0 Å². The second-order valence-electron chi connectivity index (χ2n) is 6.39. The Morgan fingerprint density at radius 1 is 1.23 bits per heavy atom. The number of rotatable bonds is 3. The van der Waals surface area contributed by atoms with Gasteiger partial charge in [-0.3, -0.25) is 9.89 Å². The smallest absolute Gasteiger partial charge is 0.403 e. The van der Waals surface area contributed by atoms with E-state index in [4.69, 9.17) is 4.42 Å². The molecule has 0 aliphatic carbocycles. The first-order chi connectivity index (χ1) is 12.4. The summed E-state index contributed by atoms with van der Waals surface area (Å²) in [6, 6.07) is 8.32. The van der Waals surface area contributed by atoms with E-state index in [1.165, 1.54) is 11.8 Å². The summed E-state index contributed by atoms with van der Waals surface area (Å²) in [5.74, 6) is 1.46. The molecule has 5 nitrogen and oxygen atoms in total. The van der Waals surface area contributed by atoms with Gasteiger partial charge in [0.15, 0.2) is 5.96 Å². The number of fused-ring (bicyclic) bond motifs is 1. The summed E-state index contributed by atoms with van der Waals surface area (Å²) < 4.78 is 44.3. The molecule has 2 heterocycles. The van der Waals surface area contributed by atoms with E-state index < -0.39 is 12.2 Å². The van der Waals surface area contributed by atoms with Crippen LogP contribution in [0.2, 0.25) is 0 Å². The lowest BCUT2D eigenvalue weighted by atomic mass is 10.2. The third-order valence-electron chi connectivity index (χ3n) is 4.74. The number of aliphatic imine (C=N–C) groups is 1. The number of para-hydroxylation sites is 1. The quantitative estimate of drug-likeness (QED) is 0.668. The largest absolute Gasteiger partial charge is 0.459 e. The van der Waals surface area contributed by atoms with Crippen LogP contribution in [0.3, 0.4) is 0 Å². The van der Waals surface area contributed by atoms with Gasteiger partial charge in [0.25, 0.3) is 0 Å².